The van der Waals surface area contributed by atoms with E-state index in [4.69, 9.17) is 0 Å². The highest BCUT2D eigenvalue weighted by Crippen LogP contribution is 2.22. The van der Waals surface area contributed by atoms with Crippen molar-refractivity contribution in [2.45, 2.75) is 36.6 Å². The summed E-state index contributed by atoms with van der Waals surface area (Å²) < 4.78 is 26.1. The van der Waals surface area contributed by atoms with Gasteiger partial charge in [-0.2, -0.15) is 0 Å². The molecule has 4 nitrogen and oxygen atoms in total. The predicted molar refractivity (Wildman–Crippen MR) is 76.0 cm³/mol. The van der Waals surface area contributed by atoms with E-state index < -0.39 is 23.6 Å². The first-order chi connectivity index (χ1) is 10.0. The van der Waals surface area contributed by atoms with Gasteiger partial charge in [0, 0.05) is 17.0 Å². The highest BCUT2D eigenvalue weighted by Gasteiger charge is 2.18. The highest BCUT2D eigenvalue weighted by molar-refractivity contribution is 8.00. The number of carbonyl (C=O) groups excluding carboxylic acids is 2. The van der Waals surface area contributed by atoms with Crippen LogP contribution in [-0.2, 0) is 4.79 Å². The minimum atomic E-state index is -0.719. The Bertz CT molecular complexity index is 534. The standard InChI is InChI=1S/C14H16F2N2O2S/c15-9-5-6-12(11(16)7-9)21-8-13(19)18-14(20)17-10-3-1-2-4-10/h5-7,10H,1-4,8H2,(H2,17,18,19,20). The maximum absolute atomic E-state index is 13.4. The summed E-state index contributed by atoms with van der Waals surface area (Å²) in [6, 6.07) is 2.75. The Morgan fingerprint density at radius 2 is 1.95 bits per heavy atom. The molecule has 1 fully saturated rings. The van der Waals surface area contributed by atoms with Crippen molar-refractivity contribution in [2.75, 3.05) is 5.75 Å². The Morgan fingerprint density at radius 3 is 2.62 bits per heavy atom. The molecule has 114 valence electrons. The summed E-state index contributed by atoms with van der Waals surface area (Å²) in [6.07, 6.45) is 4.02. The molecule has 0 radical (unpaired) electrons. The van der Waals surface area contributed by atoms with Gasteiger partial charge in [-0.3, -0.25) is 10.1 Å². The Morgan fingerprint density at radius 1 is 1.24 bits per heavy atom. The van der Waals surface area contributed by atoms with Crippen LogP contribution in [0.5, 0.6) is 0 Å². The average Bonchev–Trinajstić information content (AvgIpc) is 2.90. The summed E-state index contributed by atoms with van der Waals surface area (Å²) in [5, 5.41) is 4.92. The summed E-state index contributed by atoms with van der Waals surface area (Å²) in [4.78, 5) is 23.3. The molecule has 2 rings (SSSR count). The van der Waals surface area contributed by atoms with E-state index in [-0.39, 0.29) is 16.7 Å². The Kier molecular flexibility index (Phi) is 5.55. The molecule has 1 aliphatic carbocycles. The third-order valence-electron chi connectivity index (χ3n) is 3.20. The number of hydrogen-bond acceptors (Lipinski definition) is 3. The molecule has 1 aromatic rings. The normalized spacial score (nSPS) is 15.0. The number of imide groups is 1. The smallest absolute Gasteiger partial charge is 0.321 e. The van der Waals surface area contributed by atoms with Gasteiger partial charge in [-0.05, 0) is 25.0 Å². The number of hydrogen-bond donors (Lipinski definition) is 2. The van der Waals surface area contributed by atoms with Crippen molar-refractivity contribution in [3.8, 4) is 0 Å². The van der Waals surface area contributed by atoms with Crippen molar-refractivity contribution in [1.29, 1.82) is 0 Å². The van der Waals surface area contributed by atoms with Gasteiger partial charge in [-0.15, -0.1) is 11.8 Å². The maximum Gasteiger partial charge on any atom is 0.321 e. The molecule has 0 heterocycles. The van der Waals surface area contributed by atoms with Crippen molar-refractivity contribution in [2.24, 2.45) is 0 Å². The molecular formula is C14H16F2N2O2S. The van der Waals surface area contributed by atoms with Gasteiger partial charge in [0.25, 0.3) is 0 Å². The SMILES string of the molecule is O=C(CSc1ccc(F)cc1F)NC(=O)NC1CCCC1. The van der Waals surface area contributed by atoms with Crippen LogP contribution in [0, 0.1) is 11.6 Å². The summed E-state index contributed by atoms with van der Waals surface area (Å²) >= 11 is 0.915. The molecule has 0 unspecified atom stereocenters. The molecule has 0 saturated heterocycles. The first kappa shape index (κ1) is 15.8. The molecule has 3 amide bonds. The van der Waals surface area contributed by atoms with Gasteiger partial charge in [0.1, 0.15) is 11.6 Å². The molecule has 0 spiro atoms. The lowest BCUT2D eigenvalue weighted by molar-refractivity contribution is -0.117. The molecule has 1 saturated carbocycles. The van der Waals surface area contributed by atoms with Gasteiger partial charge < -0.3 is 5.32 Å². The summed E-state index contributed by atoms with van der Waals surface area (Å²) in [6.45, 7) is 0. The number of halogens is 2. The summed E-state index contributed by atoms with van der Waals surface area (Å²) in [5.74, 6) is -2.01. The third-order valence-corrected chi connectivity index (χ3v) is 4.24. The van der Waals surface area contributed by atoms with Crippen molar-refractivity contribution >= 4 is 23.7 Å². The van der Waals surface area contributed by atoms with E-state index in [2.05, 4.69) is 10.6 Å². The Balaban J connectivity index is 1.75. The number of thioether (sulfide) groups is 1. The van der Waals surface area contributed by atoms with Gasteiger partial charge >= 0.3 is 6.03 Å². The van der Waals surface area contributed by atoms with E-state index in [0.717, 1.165) is 49.6 Å². The van der Waals surface area contributed by atoms with Gasteiger partial charge in [-0.1, -0.05) is 12.8 Å². The van der Waals surface area contributed by atoms with Crippen LogP contribution < -0.4 is 10.6 Å². The van der Waals surface area contributed by atoms with E-state index in [1.807, 2.05) is 0 Å². The van der Waals surface area contributed by atoms with Crippen LogP contribution in [0.4, 0.5) is 13.6 Å². The van der Waals surface area contributed by atoms with Gasteiger partial charge in [0.2, 0.25) is 5.91 Å². The second kappa shape index (κ2) is 7.40. The fourth-order valence-electron chi connectivity index (χ4n) is 2.19. The van der Waals surface area contributed by atoms with Crippen LogP contribution in [0.2, 0.25) is 0 Å². The van der Waals surface area contributed by atoms with Crippen LogP contribution in [0.25, 0.3) is 0 Å². The zero-order valence-corrected chi connectivity index (χ0v) is 12.1. The van der Waals surface area contributed by atoms with E-state index in [1.165, 1.54) is 6.07 Å². The van der Waals surface area contributed by atoms with Crippen LogP contribution in [0.15, 0.2) is 23.1 Å². The number of benzene rings is 1. The topological polar surface area (TPSA) is 58.2 Å². The highest BCUT2D eigenvalue weighted by atomic mass is 32.2. The van der Waals surface area contributed by atoms with Crippen LogP contribution in [0.1, 0.15) is 25.7 Å². The first-order valence-electron chi connectivity index (χ1n) is 6.73. The maximum atomic E-state index is 13.4. The summed E-state index contributed by atoms with van der Waals surface area (Å²) in [7, 11) is 0. The minimum absolute atomic E-state index is 0.110. The van der Waals surface area contributed by atoms with E-state index in [0.29, 0.717) is 0 Å². The monoisotopic (exact) mass is 314 g/mol. The first-order valence-corrected chi connectivity index (χ1v) is 7.71. The molecule has 0 atom stereocenters. The average molecular weight is 314 g/mol. The number of urea groups is 1. The molecule has 0 bridgehead atoms. The lowest BCUT2D eigenvalue weighted by atomic mass is 10.2. The molecule has 2 N–H and O–H groups in total. The second-order valence-electron chi connectivity index (χ2n) is 4.87. The van der Waals surface area contributed by atoms with E-state index >= 15 is 0 Å². The summed E-state index contributed by atoms with van der Waals surface area (Å²) in [5.41, 5.74) is 0. The lowest BCUT2D eigenvalue weighted by Gasteiger charge is -2.12. The fourth-order valence-corrected chi connectivity index (χ4v) is 2.91. The molecule has 0 aromatic heterocycles. The Hall–Kier alpha value is -1.63. The van der Waals surface area contributed by atoms with Crippen molar-refractivity contribution in [1.82, 2.24) is 10.6 Å². The molecule has 0 aliphatic heterocycles. The molecule has 1 aliphatic rings. The molecule has 1 aromatic carbocycles. The quantitative estimate of drug-likeness (QED) is 0.840. The third kappa shape index (κ3) is 5.00. The largest absolute Gasteiger partial charge is 0.335 e. The van der Waals surface area contributed by atoms with Gasteiger partial charge in [0.05, 0.1) is 5.75 Å². The Labute approximate surface area is 125 Å². The minimum Gasteiger partial charge on any atom is -0.335 e. The van der Waals surface area contributed by atoms with Gasteiger partial charge in [0.15, 0.2) is 0 Å². The number of carbonyl (C=O) groups is 2. The van der Waals surface area contributed by atoms with Crippen molar-refractivity contribution in [3.05, 3.63) is 29.8 Å². The number of amides is 3. The zero-order valence-electron chi connectivity index (χ0n) is 11.3. The number of nitrogens with one attached hydrogen (secondary N) is 2. The lowest BCUT2D eigenvalue weighted by Crippen LogP contribution is -2.44. The number of rotatable bonds is 4. The predicted octanol–water partition coefficient (Wildman–Crippen LogP) is 2.83. The van der Waals surface area contributed by atoms with Crippen LogP contribution >= 0.6 is 11.8 Å². The molecular weight excluding hydrogens is 298 g/mol. The van der Waals surface area contributed by atoms with Crippen molar-refractivity contribution < 1.29 is 18.4 Å². The molecule has 21 heavy (non-hydrogen) atoms. The zero-order chi connectivity index (χ0) is 15.2. The van der Waals surface area contributed by atoms with Crippen LogP contribution in [-0.4, -0.2) is 23.7 Å². The van der Waals surface area contributed by atoms with E-state index in [1.54, 1.807) is 0 Å². The van der Waals surface area contributed by atoms with Gasteiger partial charge in [-0.25, -0.2) is 13.6 Å². The fraction of sp³-hybridized carbons (Fsp3) is 0.429. The van der Waals surface area contributed by atoms with E-state index in [9.17, 15) is 18.4 Å². The molecule has 7 heteroatoms. The van der Waals surface area contributed by atoms with Crippen LogP contribution in [0.3, 0.4) is 0 Å². The second-order valence-corrected chi connectivity index (χ2v) is 5.88. The van der Waals surface area contributed by atoms with Crippen molar-refractivity contribution in [3.63, 3.8) is 0 Å².